The number of nitrogens with one attached hydrogen (secondary N) is 1. The van der Waals surface area contributed by atoms with Crippen molar-refractivity contribution in [3.63, 3.8) is 0 Å². The highest BCUT2D eigenvalue weighted by molar-refractivity contribution is 6.09. The zero-order chi connectivity index (χ0) is 20.8. The van der Waals surface area contributed by atoms with E-state index in [1.54, 1.807) is 29.9 Å². The fourth-order valence-electron chi connectivity index (χ4n) is 3.65. The van der Waals surface area contributed by atoms with Crippen LogP contribution in [0.3, 0.4) is 0 Å². The van der Waals surface area contributed by atoms with E-state index in [0.717, 1.165) is 17.6 Å². The molecule has 1 amide bonds. The maximum atomic E-state index is 14.7. The van der Waals surface area contributed by atoms with Gasteiger partial charge in [-0.25, -0.2) is 8.91 Å². The number of hydrogen-bond donors (Lipinski definition) is 1. The lowest BCUT2D eigenvalue weighted by atomic mass is 10.0. The molecule has 0 saturated heterocycles. The molecule has 6 nitrogen and oxygen atoms in total. The van der Waals surface area contributed by atoms with Crippen molar-refractivity contribution in [2.45, 2.75) is 33.2 Å². The highest BCUT2D eigenvalue weighted by Gasteiger charge is 2.22. The van der Waals surface area contributed by atoms with Gasteiger partial charge in [0.15, 0.2) is 0 Å². The number of halogens is 1. The van der Waals surface area contributed by atoms with Gasteiger partial charge < -0.3 is 5.32 Å². The van der Waals surface area contributed by atoms with Gasteiger partial charge in [0.1, 0.15) is 5.82 Å². The van der Waals surface area contributed by atoms with Crippen LogP contribution in [0.1, 0.15) is 34.3 Å². The Labute approximate surface area is 173 Å². The number of pyridine rings is 1. The van der Waals surface area contributed by atoms with Crippen molar-refractivity contribution < 1.29 is 9.18 Å². The van der Waals surface area contributed by atoms with Gasteiger partial charge >= 0.3 is 0 Å². The number of hydrogen-bond acceptors (Lipinski definition) is 3. The van der Waals surface area contributed by atoms with Gasteiger partial charge in [0.05, 0.1) is 23.5 Å². The topological polar surface area (TPSA) is 64.2 Å². The summed E-state index contributed by atoms with van der Waals surface area (Å²) in [5, 5.41) is 11.5. The number of anilines is 1. The van der Waals surface area contributed by atoms with E-state index in [4.69, 9.17) is 0 Å². The molecule has 0 unspecified atom stereocenters. The quantitative estimate of drug-likeness (QED) is 0.529. The van der Waals surface area contributed by atoms with Crippen LogP contribution < -0.4 is 5.32 Å². The third kappa shape index (κ3) is 3.47. The summed E-state index contributed by atoms with van der Waals surface area (Å²) in [6.45, 7) is 4.61. The first kappa shape index (κ1) is 18.5. The van der Waals surface area contributed by atoms with Crippen LogP contribution in [0.5, 0.6) is 0 Å². The molecule has 1 aliphatic carbocycles. The molecule has 1 aromatic carbocycles. The van der Waals surface area contributed by atoms with Crippen LogP contribution in [-0.4, -0.2) is 25.3 Å². The Morgan fingerprint density at radius 2 is 2.00 bits per heavy atom. The van der Waals surface area contributed by atoms with E-state index in [2.05, 4.69) is 15.5 Å². The number of amides is 1. The number of aryl methyl sites for hydroxylation is 2. The fraction of sp³-hybridized carbons (Fsp3) is 0.261. The number of carbonyl (C=O) groups is 1. The molecular formula is C23H22FN5O. The summed E-state index contributed by atoms with van der Waals surface area (Å²) in [4.78, 5) is 12.9. The molecule has 4 aromatic rings. The largest absolute Gasteiger partial charge is 0.322 e. The van der Waals surface area contributed by atoms with Crippen molar-refractivity contribution in [2.24, 2.45) is 5.92 Å². The van der Waals surface area contributed by atoms with E-state index < -0.39 is 0 Å². The first-order valence-electron chi connectivity index (χ1n) is 10.1. The Kier molecular flexibility index (Phi) is 4.38. The Morgan fingerprint density at radius 1 is 1.17 bits per heavy atom. The summed E-state index contributed by atoms with van der Waals surface area (Å²) in [5.74, 6) is 0.0759. The maximum absolute atomic E-state index is 14.7. The number of aromatic nitrogens is 4. The lowest BCUT2D eigenvalue weighted by molar-refractivity contribution is 0.102. The lowest BCUT2D eigenvalue weighted by Gasteiger charge is -2.11. The molecule has 30 heavy (non-hydrogen) atoms. The first-order valence-corrected chi connectivity index (χ1v) is 10.1. The monoisotopic (exact) mass is 403 g/mol. The van der Waals surface area contributed by atoms with Crippen molar-refractivity contribution in [3.05, 3.63) is 71.6 Å². The Bertz CT molecular complexity index is 1270. The van der Waals surface area contributed by atoms with Gasteiger partial charge in [0, 0.05) is 35.8 Å². The van der Waals surface area contributed by atoms with Gasteiger partial charge in [-0.3, -0.25) is 9.48 Å². The first-order chi connectivity index (χ1) is 14.5. The summed E-state index contributed by atoms with van der Waals surface area (Å²) in [7, 11) is 0. The molecule has 3 aromatic heterocycles. The lowest BCUT2D eigenvalue weighted by Crippen LogP contribution is -2.13. The standard InChI is InChI=1S/C23H22FN5O/c1-14-3-6-22-19(10-26-29(22)11-14)23(30)27-21-8-18(20(24)7-15(21)2)17-9-25-28(13-17)12-16-4-5-16/h3,6-11,13,16H,4-5,12H2,1-2H3,(H,27,30). The highest BCUT2D eigenvalue weighted by atomic mass is 19.1. The summed E-state index contributed by atoms with van der Waals surface area (Å²) in [5.41, 5.74) is 4.60. The summed E-state index contributed by atoms with van der Waals surface area (Å²) in [6, 6.07) is 6.93. The Hall–Kier alpha value is -3.48. The van der Waals surface area contributed by atoms with Gasteiger partial charge in [-0.1, -0.05) is 6.07 Å². The molecule has 0 atom stereocenters. The van der Waals surface area contributed by atoms with Crippen molar-refractivity contribution in [1.29, 1.82) is 0 Å². The number of benzene rings is 1. The number of rotatable bonds is 5. The summed E-state index contributed by atoms with van der Waals surface area (Å²) < 4.78 is 18.2. The Morgan fingerprint density at radius 3 is 2.80 bits per heavy atom. The predicted octanol–water partition coefficient (Wildman–Crippen LogP) is 4.62. The average Bonchev–Trinajstić information content (AvgIpc) is 3.23. The molecule has 7 heteroatoms. The molecule has 0 aliphatic heterocycles. The van der Waals surface area contributed by atoms with Crippen molar-refractivity contribution in [2.75, 3.05) is 5.32 Å². The molecular weight excluding hydrogens is 381 g/mol. The molecule has 0 radical (unpaired) electrons. The SMILES string of the molecule is Cc1ccc2c(C(=O)Nc3cc(-c4cnn(CC5CC5)c4)c(F)cc3C)cnn2c1. The molecule has 1 saturated carbocycles. The van der Waals surface area contributed by atoms with Crippen LogP contribution in [0, 0.1) is 25.6 Å². The van der Waals surface area contributed by atoms with Crippen LogP contribution in [-0.2, 0) is 6.54 Å². The van der Waals surface area contributed by atoms with E-state index >= 15 is 0 Å². The van der Waals surface area contributed by atoms with Gasteiger partial charge in [-0.2, -0.15) is 10.2 Å². The van der Waals surface area contributed by atoms with Crippen LogP contribution in [0.2, 0.25) is 0 Å². The second kappa shape index (κ2) is 7.09. The molecule has 5 rings (SSSR count). The zero-order valence-corrected chi connectivity index (χ0v) is 16.9. The number of fused-ring (bicyclic) bond motifs is 1. The van der Waals surface area contributed by atoms with Gasteiger partial charge in [0.2, 0.25) is 0 Å². The molecule has 1 fully saturated rings. The van der Waals surface area contributed by atoms with Gasteiger partial charge in [-0.05, 0) is 61.9 Å². The normalized spacial score (nSPS) is 13.7. The van der Waals surface area contributed by atoms with Crippen LogP contribution in [0.25, 0.3) is 16.6 Å². The van der Waals surface area contributed by atoms with E-state index in [1.165, 1.54) is 18.9 Å². The third-order valence-electron chi connectivity index (χ3n) is 5.56. The second-order valence-electron chi connectivity index (χ2n) is 8.09. The van der Waals surface area contributed by atoms with Crippen molar-refractivity contribution in [1.82, 2.24) is 19.4 Å². The molecule has 0 bridgehead atoms. The summed E-state index contributed by atoms with van der Waals surface area (Å²) >= 11 is 0. The number of nitrogens with zero attached hydrogens (tertiary/aromatic N) is 4. The van der Waals surface area contributed by atoms with Gasteiger partial charge in [-0.15, -0.1) is 0 Å². The minimum atomic E-state index is -0.331. The smallest absolute Gasteiger partial charge is 0.259 e. The summed E-state index contributed by atoms with van der Waals surface area (Å²) in [6.07, 6.45) is 9.42. The Balaban J connectivity index is 1.44. The molecule has 152 valence electrons. The predicted molar refractivity (Wildman–Crippen MR) is 113 cm³/mol. The highest BCUT2D eigenvalue weighted by Crippen LogP contribution is 2.32. The van der Waals surface area contributed by atoms with E-state index in [1.807, 2.05) is 36.1 Å². The maximum Gasteiger partial charge on any atom is 0.259 e. The van der Waals surface area contributed by atoms with E-state index in [9.17, 15) is 9.18 Å². The fourth-order valence-corrected chi connectivity index (χ4v) is 3.65. The second-order valence-corrected chi connectivity index (χ2v) is 8.09. The average molecular weight is 403 g/mol. The van der Waals surface area contributed by atoms with Crippen LogP contribution >= 0.6 is 0 Å². The molecule has 1 aliphatic rings. The molecule has 3 heterocycles. The van der Waals surface area contributed by atoms with E-state index in [-0.39, 0.29) is 11.7 Å². The van der Waals surface area contributed by atoms with Crippen LogP contribution in [0.15, 0.2) is 49.1 Å². The van der Waals surface area contributed by atoms with Gasteiger partial charge in [0.25, 0.3) is 5.91 Å². The van der Waals surface area contributed by atoms with Crippen molar-refractivity contribution >= 4 is 17.1 Å². The van der Waals surface area contributed by atoms with Crippen molar-refractivity contribution in [3.8, 4) is 11.1 Å². The number of carbonyl (C=O) groups excluding carboxylic acids is 1. The molecule has 0 spiro atoms. The minimum Gasteiger partial charge on any atom is -0.322 e. The third-order valence-corrected chi connectivity index (χ3v) is 5.56. The van der Waals surface area contributed by atoms with E-state index in [0.29, 0.717) is 33.9 Å². The molecule has 1 N–H and O–H groups in total. The zero-order valence-electron chi connectivity index (χ0n) is 16.9. The minimum absolute atomic E-state index is 0.279. The van der Waals surface area contributed by atoms with Crippen LogP contribution in [0.4, 0.5) is 10.1 Å².